The molecule has 0 aromatic heterocycles. The Hall–Kier alpha value is -3.41. The van der Waals surface area contributed by atoms with Crippen molar-refractivity contribution in [2.75, 3.05) is 13.2 Å². The van der Waals surface area contributed by atoms with E-state index in [0.717, 1.165) is 122 Å². The monoisotopic (exact) mass is 1030 g/mol. The quantitative estimate of drug-likeness (QED) is 0.0261. The van der Waals surface area contributed by atoms with E-state index >= 15 is 0 Å². The Bertz CT molecular complexity index is 1420. The van der Waals surface area contributed by atoms with Gasteiger partial charge in [0.2, 0.25) is 0 Å². The maximum absolute atomic E-state index is 12.8. The van der Waals surface area contributed by atoms with Crippen molar-refractivity contribution >= 4 is 17.9 Å². The number of allylic oxidation sites excluding steroid dienone is 14. The number of rotatable bonds is 57. The molecule has 74 heavy (non-hydrogen) atoms. The number of ether oxygens (including phenoxy) is 3. The minimum atomic E-state index is -0.777. The van der Waals surface area contributed by atoms with Crippen LogP contribution in [0.1, 0.15) is 310 Å². The molecular weight excluding hydrogens is 913 g/mol. The Balaban J connectivity index is 3.92. The first kappa shape index (κ1) is 70.6. The molecule has 0 aromatic rings. The number of hydrogen-bond donors (Lipinski definition) is 0. The van der Waals surface area contributed by atoms with Crippen molar-refractivity contribution in [3.63, 3.8) is 0 Å². The molecule has 0 aromatic carbocycles. The van der Waals surface area contributed by atoms with Crippen molar-refractivity contribution in [2.45, 2.75) is 316 Å². The fourth-order valence-electron chi connectivity index (χ4n) is 8.91. The van der Waals surface area contributed by atoms with Crippen molar-refractivity contribution in [1.29, 1.82) is 0 Å². The van der Waals surface area contributed by atoms with Gasteiger partial charge in [0.25, 0.3) is 0 Å². The second kappa shape index (κ2) is 62.1. The molecule has 0 N–H and O–H groups in total. The standard InChI is InChI=1S/C68H118O6/c1-4-7-10-13-15-17-19-21-23-25-26-27-28-29-30-31-32-33-34-35-36-37-38-39-40-41-42-43-45-46-48-50-52-55-58-61-67(70)73-64-65(63-72-66(69)60-57-54-12-9-6-3)74-68(71)62-59-56-53-51-49-47-44-24-22-20-18-16-14-11-8-5-2/h7,10,15,17-18,20-21,23-24,26-27,29-30,44,65H,4-6,8-9,11-14,16,19,22,25,28,31-43,45-64H2,1-3H3/b10-7-,17-15-,20-18-,23-21-,27-26-,30-29-,44-24-. The Labute approximate surface area is 458 Å². The van der Waals surface area contributed by atoms with Crippen molar-refractivity contribution in [3.05, 3.63) is 85.1 Å². The lowest BCUT2D eigenvalue weighted by atomic mass is 10.0. The van der Waals surface area contributed by atoms with Gasteiger partial charge in [-0.1, -0.05) is 279 Å². The number of carbonyl (C=O) groups is 3. The molecule has 1 unspecified atom stereocenters. The predicted octanol–water partition coefficient (Wildman–Crippen LogP) is 21.5. The van der Waals surface area contributed by atoms with E-state index in [9.17, 15) is 14.4 Å². The van der Waals surface area contributed by atoms with E-state index in [1.165, 1.54) is 148 Å². The summed E-state index contributed by atoms with van der Waals surface area (Å²) in [5, 5.41) is 0. The van der Waals surface area contributed by atoms with Crippen LogP contribution in [0.25, 0.3) is 0 Å². The van der Waals surface area contributed by atoms with Crippen LogP contribution >= 0.6 is 0 Å². The maximum Gasteiger partial charge on any atom is 0.306 e. The maximum atomic E-state index is 12.8. The van der Waals surface area contributed by atoms with Crippen LogP contribution in [0.4, 0.5) is 0 Å². The molecule has 0 aliphatic heterocycles. The minimum absolute atomic E-state index is 0.0784. The average molecular weight is 1030 g/mol. The lowest BCUT2D eigenvalue weighted by molar-refractivity contribution is -0.167. The summed E-state index contributed by atoms with van der Waals surface area (Å²) in [5.74, 6) is -0.896. The fraction of sp³-hybridized carbons (Fsp3) is 0.750. The van der Waals surface area contributed by atoms with Gasteiger partial charge in [-0.25, -0.2) is 0 Å². The molecule has 0 radical (unpaired) electrons. The first-order valence-electron chi connectivity index (χ1n) is 31.6. The third-order valence-corrected chi connectivity index (χ3v) is 13.6. The van der Waals surface area contributed by atoms with Gasteiger partial charge in [-0.15, -0.1) is 0 Å². The van der Waals surface area contributed by atoms with Gasteiger partial charge in [0.1, 0.15) is 13.2 Å². The summed E-state index contributed by atoms with van der Waals surface area (Å²) in [6.45, 7) is 6.43. The van der Waals surface area contributed by atoms with E-state index in [4.69, 9.17) is 14.2 Å². The highest BCUT2D eigenvalue weighted by molar-refractivity contribution is 5.71. The molecular formula is C68H118O6. The predicted molar refractivity (Wildman–Crippen MR) is 321 cm³/mol. The summed E-state index contributed by atoms with van der Waals surface area (Å²) in [5.41, 5.74) is 0. The molecule has 0 heterocycles. The highest BCUT2D eigenvalue weighted by atomic mass is 16.6. The second-order valence-corrected chi connectivity index (χ2v) is 20.9. The van der Waals surface area contributed by atoms with E-state index in [0.29, 0.717) is 19.3 Å². The second-order valence-electron chi connectivity index (χ2n) is 20.9. The summed E-state index contributed by atoms with van der Waals surface area (Å²) in [6, 6.07) is 0. The molecule has 6 nitrogen and oxygen atoms in total. The summed E-state index contributed by atoms with van der Waals surface area (Å²) in [7, 11) is 0. The molecule has 0 bridgehead atoms. The summed E-state index contributed by atoms with van der Waals surface area (Å²) >= 11 is 0. The zero-order valence-corrected chi connectivity index (χ0v) is 48.8. The van der Waals surface area contributed by atoms with E-state index < -0.39 is 6.10 Å². The highest BCUT2D eigenvalue weighted by Gasteiger charge is 2.19. The van der Waals surface area contributed by atoms with Crippen LogP contribution in [0.2, 0.25) is 0 Å². The summed E-state index contributed by atoms with van der Waals surface area (Å²) < 4.78 is 16.7. The smallest absolute Gasteiger partial charge is 0.306 e. The number of hydrogen-bond acceptors (Lipinski definition) is 6. The van der Waals surface area contributed by atoms with E-state index in [1.54, 1.807) is 0 Å². The van der Waals surface area contributed by atoms with Gasteiger partial charge in [0.15, 0.2) is 6.10 Å². The summed E-state index contributed by atoms with van der Waals surface area (Å²) in [4.78, 5) is 37.8. The highest BCUT2D eigenvalue weighted by Crippen LogP contribution is 2.17. The molecule has 0 fully saturated rings. The number of esters is 3. The Morgan fingerprint density at radius 3 is 0.838 bits per heavy atom. The van der Waals surface area contributed by atoms with Crippen molar-refractivity contribution < 1.29 is 28.6 Å². The molecule has 426 valence electrons. The van der Waals surface area contributed by atoms with Crippen LogP contribution < -0.4 is 0 Å². The van der Waals surface area contributed by atoms with Gasteiger partial charge in [-0.3, -0.25) is 14.4 Å². The molecule has 0 aliphatic rings. The van der Waals surface area contributed by atoms with E-state index in [-0.39, 0.29) is 31.1 Å². The Kier molecular flexibility index (Phi) is 59.3. The average Bonchev–Trinajstić information content (AvgIpc) is 3.40. The van der Waals surface area contributed by atoms with Gasteiger partial charge in [0, 0.05) is 19.3 Å². The van der Waals surface area contributed by atoms with Gasteiger partial charge in [-0.05, 0) is 96.3 Å². The van der Waals surface area contributed by atoms with Crippen LogP contribution in [-0.2, 0) is 28.6 Å². The van der Waals surface area contributed by atoms with Crippen molar-refractivity contribution in [3.8, 4) is 0 Å². The molecule has 0 aliphatic carbocycles. The zero-order chi connectivity index (χ0) is 53.6. The third kappa shape index (κ3) is 59.5. The first-order chi connectivity index (χ1) is 36.5. The number of unbranched alkanes of at least 4 members (excludes halogenated alkanes) is 32. The zero-order valence-electron chi connectivity index (χ0n) is 48.8. The minimum Gasteiger partial charge on any atom is -0.462 e. The molecule has 0 saturated heterocycles. The van der Waals surface area contributed by atoms with Crippen LogP contribution in [0.5, 0.6) is 0 Å². The normalized spacial score (nSPS) is 12.6. The van der Waals surface area contributed by atoms with E-state index in [2.05, 4.69) is 106 Å². The van der Waals surface area contributed by atoms with Crippen molar-refractivity contribution in [2.24, 2.45) is 0 Å². The fourth-order valence-corrected chi connectivity index (χ4v) is 8.91. The lowest BCUT2D eigenvalue weighted by Crippen LogP contribution is -2.30. The number of carbonyl (C=O) groups excluding carboxylic acids is 3. The van der Waals surface area contributed by atoms with Gasteiger partial charge in [0.05, 0.1) is 0 Å². The van der Waals surface area contributed by atoms with Gasteiger partial charge < -0.3 is 14.2 Å². The van der Waals surface area contributed by atoms with Gasteiger partial charge in [-0.2, -0.15) is 0 Å². The summed E-state index contributed by atoms with van der Waals surface area (Å²) in [6.07, 6.45) is 82.2. The largest absolute Gasteiger partial charge is 0.462 e. The van der Waals surface area contributed by atoms with Crippen LogP contribution in [0.3, 0.4) is 0 Å². The first-order valence-corrected chi connectivity index (χ1v) is 31.6. The third-order valence-electron chi connectivity index (χ3n) is 13.6. The molecule has 0 spiro atoms. The topological polar surface area (TPSA) is 78.9 Å². The SMILES string of the molecule is CC/C=C\C/C=C\C/C=C\C/C=C\C/C=C\CCCCCCCCCCCCCCCCCCCCCC(=O)OCC(COC(=O)CCCCCCC)OC(=O)CCCCCCC/C=C\C/C=C\CCCCCC. The Morgan fingerprint density at radius 2 is 0.527 bits per heavy atom. The van der Waals surface area contributed by atoms with Crippen LogP contribution in [0.15, 0.2) is 85.1 Å². The van der Waals surface area contributed by atoms with Crippen molar-refractivity contribution in [1.82, 2.24) is 0 Å². The van der Waals surface area contributed by atoms with Crippen LogP contribution in [-0.4, -0.2) is 37.2 Å². The van der Waals surface area contributed by atoms with Gasteiger partial charge >= 0.3 is 17.9 Å². The molecule has 0 rings (SSSR count). The Morgan fingerprint density at radius 1 is 0.284 bits per heavy atom. The lowest BCUT2D eigenvalue weighted by Gasteiger charge is -2.18. The van der Waals surface area contributed by atoms with E-state index in [1.807, 2.05) is 0 Å². The van der Waals surface area contributed by atoms with Crippen LogP contribution in [0, 0.1) is 0 Å². The molecule has 0 amide bonds. The molecule has 1 atom stereocenters. The molecule has 6 heteroatoms. The molecule has 0 saturated carbocycles.